The summed E-state index contributed by atoms with van der Waals surface area (Å²) < 4.78 is 17.7. The Morgan fingerprint density at radius 1 is 0.932 bits per heavy atom. The molecule has 0 spiro atoms. The first kappa shape index (κ1) is 36.5. The summed E-state index contributed by atoms with van der Waals surface area (Å²) in [5.41, 5.74) is 5.97. The molecule has 11 heteroatoms. The molecule has 1 heterocycles. The van der Waals surface area contributed by atoms with E-state index < -0.39 is 46.7 Å². The molecule has 2 aromatic rings. The maximum Gasteiger partial charge on any atom is 0.408 e. The molecule has 0 saturated heterocycles. The van der Waals surface area contributed by atoms with Crippen molar-refractivity contribution in [2.75, 3.05) is 0 Å². The second kappa shape index (κ2) is 13.9. The molecule has 2 unspecified atom stereocenters. The third-order valence-electron chi connectivity index (χ3n) is 7.20. The van der Waals surface area contributed by atoms with Gasteiger partial charge < -0.3 is 25.3 Å². The largest absolute Gasteiger partial charge is 0.459 e. The van der Waals surface area contributed by atoms with Gasteiger partial charge in [0.2, 0.25) is 5.54 Å². The number of ether oxygens (including phenoxy) is 3. The van der Waals surface area contributed by atoms with Crippen molar-refractivity contribution in [1.29, 1.82) is 0 Å². The number of alkyl carbamates (subject to hydrolysis) is 1. The number of benzene rings is 1. The highest BCUT2D eigenvalue weighted by Gasteiger charge is 2.49. The maximum absolute atomic E-state index is 13.3. The number of carbonyl (C=O) groups excluding carboxylic acids is 4. The lowest BCUT2D eigenvalue weighted by molar-refractivity contribution is -0.174. The molecule has 0 aliphatic heterocycles. The molecule has 3 N–H and O–H groups in total. The van der Waals surface area contributed by atoms with Gasteiger partial charge in [-0.25, -0.2) is 19.4 Å². The number of nitrogens with two attached hydrogens (primary N) is 1. The van der Waals surface area contributed by atoms with Gasteiger partial charge in [0.1, 0.15) is 30.2 Å². The summed E-state index contributed by atoms with van der Waals surface area (Å²) >= 11 is 0. The van der Waals surface area contributed by atoms with Crippen molar-refractivity contribution in [3.05, 3.63) is 53.1 Å². The molecule has 0 aliphatic rings. The number of esters is 2. The summed E-state index contributed by atoms with van der Waals surface area (Å²) in [5.74, 6) is -3.02. The number of rotatable bonds is 10. The molecule has 44 heavy (non-hydrogen) atoms. The molecule has 0 radical (unpaired) electrons. The second-order valence-electron chi connectivity index (χ2n) is 13.9. The second-order valence-corrected chi connectivity index (χ2v) is 13.9. The van der Waals surface area contributed by atoms with Crippen molar-refractivity contribution in [1.82, 2.24) is 14.9 Å². The van der Waals surface area contributed by atoms with Gasteiger partial charge in [-0.15, -0.1) is 0 Å². The van der Waals surface area contributed by atoms with E-state index in [-0.39, 0.29) is 24.3 Å². The van der Waals surface area contributed by atoms with Crippen LogP contribution in [-0.4, -0.2) is 56.3 Å². The Morgan fingerprint density at radius 2 is 1.52 bits per heavy atom. The summed E-state index contributed by atoms with van der Waals surface area (Å²) in [6, 6.07) is 4.80. The van der Waals surface area contributed by atoms with Crippen LogP contribution in [-0.2, 0) is 30.4 Å². The van der Waals surface area contributed by atoms with Crippen LogP contribution in [0.2, 0.25) is 0 Å². The number of hydrogen-bond acceptors (Lipinski definition) is 9. The van der Waals surface area contributed by atoms with Crippen molar-refractivity contribution in [2.24, 2.45) is 17.6 Å². The van der Waals surface area contributed by atoms with Crippen LogP contribution in [0, 0.1) is 18.8 Å². The van der Waals surface area contributed by atoms with E-state index in [1.54, 1.807) is 61.6 Å². The number of carbonyl (C=O) groups is 4. The normalized spacial score (nSPS) is 14.9. The number of nitrogens with zero attached hydrogens (tertiary/aromatic N) is 2. The smallest absolute Gasteiger partial charge is 0.408 e. The molecule has 0 bridgehead atoms. The fourth-order valence-corrected chi connectivity index (χ4v) is 4.46. The quantitative estimate of drug-likeness (QED) is 0.207. The standard InChI is InChI=1S/C33H50N4O7/c1-19(2)26(36-30(41)44-32(10,11)12)27(38)37-16-25(35-18-37)22(6)24-15-13-14-23(21(24)5)17-42-28(39)33(34,20(3)4)29(40)43-31(7,8)9/h13-16,18-20,22,26H,17,34H2,1-12H3,(H,36,41)/t22-,26?,33?/m0/s1. The van der Waals surface area contributed by atoms with Gasteiger partial charge in [0.25, 0.3) is 5.91 Å². The first-order valence-electron chi connectivity index (χ1n) is 14.9. The Hall–Kier alpha value is -3.73. The monoisotopic (exact) mass is 614 g/mol. The van der Waals surface area contributed by atoms with Crippen LogP contribution in [0.4, 0.5) is 4.79 Å². The van der Waals surface area contributed by atoms with Crippen molar-refractivity contribution >= 4 is 23.9 Å². The lowest BCUT2D eigenvalue weighted by Crippen LogP contribution is -2.61. The average molecular weight is 615 g/mol. The summed E-state index contributed by atoms with van der Waals surface area (Å²) in [4.78, 5) is 56.2. The average Bonchev–Trinajstić information content (AvgIpc) is 3.38. The lowest BCUT2D eigenvalue weighted by atomic mass is 9.87. The van der Waals surface area contributed by atoms with E-state index >= 15 is 0 Å². The Morgan fingerprint density at radius 3 is 2.05 bits per heavy atom. The van der Waals surface area contributed by atoms with Gasteiger partial charge in [-0.05, 0) is 77.0 Å². The van der Waals surface area contributed by atoms with Gasteiger partial charge >= 0.3 is 18.0 Å². The number of imidazole rings is 1. The van der Waals surface area contributed by atoms with Crippen molar-refractivity contribution in [2.45, 2.75) is 118 Å². The summed E-state index contributed by atoms with van der Waals surface area (Å²) in [6.45, 7) is 21.2. The minimum atomic E-state index is -1.96. The van der Waals surface area contributed by atoms with Crippen LogP contribution in [0.15, 0.2) is 30.7 Å². The van der Waals surface area contributed by atoms with Crippen LogP contribution in [0.3, 0.4) is 0 Å². The van der Waals surface area contributed by atoms with Crippen LogP contribution < -0.4 is 11.1 Å². The van der Waals surface area contributed by atoms with E-state index in [1.165, 1.54) is 10.9 Å². The third kappa shape index (κ3) is 9.14. The number of aromatic nitrogens is 2. The Labute approximate surface area is 261 Å². The topological polar surface area (TPSA) is 152 Å². The molecule has 0 fully saturated rings. The van der Waals surface area contributed by atoms with E-state index in [0.29, 0.717) is 5.69 Å². The first-order valence-corrected chi connectivity index (χ1v) is 14.9. The zero-order chi connectivity index (χ0) is 33.8. The molecule has 244 valence electrons. The minimum Gasteiger partial charge on any atom is -0.459 e. The van der Waals surface area contributed by atoms with E-state index in [9.17, 15) is 19.2 Å². The number of hydrogen-bond donors (Lipinski definition) is 2. The van der Waals surface area contributed by atoms with Gasteiger partial charge in [-0.2, -0.15) is 0 Å². The van der Waals surface area contributed by atoms with Crippen molar-refractivity contribution in [3.8, 4) is 0 Å². The molecule has 1 aromatic heterocycles. The first-order chi connectivity index (χ1) is 20.1. The highest BCUT2D eigenvalue weighted by molar-refractivity contribution is 6.05. The van der Waals surface area contributed by atoms with Crippen LogP contribution in [0.1, 0.15) is 109 Å². The molecule has 1 amide bonds. The predicted octanol–water partition coefficient (Wildman–Crippen LogP) is 5.27. The highest BCUT2D eigenvalue weighted by Crippen LogP contribution is 2.29. The van der Waals surface area contributed by atoms with Crippen LogP contribution in [0.25, 0.3) is 0 Å². The minimum absolute atomic E-state index is 0.0982. The SMILES string of the molecule is Cc1c(COC(=O)C(N)(C(=O)OC(C)(C)C)C(C)C)cccc1[C@H](C)c1cn(C(=O)C(NC(=O)OC(C)(C)C)C(C)C)cn1. The maximum atomic E-state index is 13.3. The van der Waals surface area contributed by atoms with Crippen LogP contribution in [0.5, 0.6) is 0 Å². The molecule has 1 aromatic carbocycles. The molecule has 3 atom stereocenters. The van der Waals surface area contributed by atoms with E-state index in [0.717, 1.165) is 16.7 Å². The Kier molecular flexibility index (Phi) is 11.5. The summed E-state index contributed by atoms with van der Waals surface area (Å²) in [5, 5.41) is 2.68. The predicted molar refractivity (Wildman–Crippen MR) is 167 cm³/mol. The molecule has 2 rings (SSSR count). The molecule has 0 aliphatic carbocycles. The Bertz CT molecular complexity index is 1350. The van der Waals surface area contributed by atoms with Gasteiger partial charge in [-0.3, -0.25) is 9.36 Å². The third-order valence-corrected chi connectivity index (χ3v) is 7.20. The highest BCUT2D eigenvalue weighted by atomic mass is 16.6. The summed E-state index contributed by atoms with van der Waals surface area (Å²) in [6.07, 6.45) is 2.42. The van der Waals surface area contributed by atoms with Gasteiger partial charge in [0.05, 0.1) is 5.69 Å². The number of nitrogens with one attached hydrogen (secondary N) is 1. The molecular weight excluding hydrogens is 564 g/mol. The molecule has 0 saturated carbocycles. The van der Waals surface area contributed by atoms with E-state index in [1.807, 2.05) is 45.9 Å². The molecular formula is C33H50N4O7. The fraction of sp³-hybridized carbons (Fsp3) is 0.606. The lowest BCUT2D eigenvalue weighted by Gasteiger charge is -2.32. The Balaban J connectivity index is 2.24. The van der Waals surface area contributed by atoms with Crippen LogP contribution >= 0.6 is 0 Å². The number of amides is 1. The van der Waals surface area contributed by atoms with Gasteiger partial charge in [0, 0.05) is 12.1 Å². The van der Waals surface area contributed by atoms with Gasteiger partial charge in [-0.1, -0.05) is 52.8 Å². The van der Waals surface area contributed by atoms with Crippen molar-refractivity contribution < 1.29 is 33.4 Å². The zero-order valence-corrected chi connectivity index (χ0v) is 28.2. The van der Waals surface area contributed by atoms with E-state index in [4.69, 9.17) is 19.9 Å². The van der Waals surface area contributed by atoms with E-state index in [2.05, 4.69) is 10.3 Å². The molecule has 11 nitrogen and oxygen atoms in total. The van der Waals surface area contributed by atoms with Gasteiger partial charge in [0.15, 0.2) is 0 Å². The van der Waals surface area contributed by atoms with Crippen molar-refractivity contribution in [3.63, 3.8) is 0 Å². The summed E-state index contributed by atoms with van der Waals surface area (Å²) in [7, 11) is 0. The fourth-order valence-electron chi connectivity index (χ4n) is 4.46. The zero-order valence-electron chi connectivity index (χ0n) is 28.2.